The minimum atomic E-state index is -0.748. The first-order chi connectivity index (χ1) is 8.09. The van der Waals surface area contributed by atoms with E-state index < -0.39 is 11.9 Å². The van der Waals surface area contributed by atoms with E-state index in [1.165, 1.54) is 6.07 Å². The fourth-order valence-corrected chi connectivity index (χ4v) is 1.93. The van der Waals surface area contributed by atoms with Gasteiger partial charge in [-0.25, -0.2) is 4.39 Å². The van der Waals surface area contributed by atoms with Crippen molar-refractivity contribution in [2.75, 3.05) is 0 Å². The van der Waals surface area contributed by atoms with Crippen LogP contribution in [0.15, 0.2) is 30.5 Å². The van der Waals surface area contributed by atoms with Crippen LogP contribution in [0.1, 0.15) is 17.4 Å². The lowest BCUT2D eigenvalue weighted by atomic mass is 10.1. The molecule has 0 saturated carbocycles. The number of benzene rings is 1. The first kappa shape index (κ1) is 12.1. The fourth-order valence-electron chi connectivity index (χ4n) is 1.73. The zero-order valence-corrected chi connectivity index (χ0v) is 10.0. The standard InChI is InChI=1S/C12H12ClFN2O/c1-16-10(5-6-15-16)11(17)7-8-3-2-4-9(14)12(8)13/h2-6,11,17H,7H2,1H3. The van der Waals surface area contributed by atoms with Crippen LogP contribution in [0.5, 0.6) is 0 Å². The lowest BCUT2D eigenvalue weighted by Crippen LogP contribution is -2.08. The van der Waals surface area contributed by atoms with Crippen LogP contribution in [0.4, 0.5) is 4.39 Å². The number of nitrogens with zero attached hydrogens (tertiary/aromatic N) is 2. The number of aliphatic hydroxyl groups excluding tert-OH is 1. The normalized spacial score (nSPS) is 12.7. The molecular formula is C12H12ClFN2O. The summed E-state index contributed by atoms with van der Waals surface area (Å²) < 4.78 is 14.8. The van der Waals surface area contributed by atoms with E-state index in [-0.39, 0.29) is 11.4 Å². The summed E-state index contributed by atoms with van der Waals surface area (Å²) in [5, 5.41) is 14.0. The van der Waals surface area contributed by atoms with E-state index in [0.29, 0.717) is 11.3 Å². The summed E-state index contributed by atoms with van der Waals surface area (Å²) in [6.07, 6.45) is 1.11. The van der Waals surface area contributed by atoms with Gasteiger partial charge in [0.1, 0.15) is 5.82 Å². The maximum atomic E-state index is 13.2. The van der Waals surface area contributed by atoms with Gasteiger partial charge in [0.15, 0.2) is 0 Å². The van der Waals surface area contributed by atoms with Gasteiger partial charge in [-0.15, -0.1) is 0 Å². The van der Waals surface area contributed by atoms with E-state index in [2.05, 4.69) is 5.10 Å². The SMILES string of the molecule is Cn1nccc1C(O)Cc1cccc(F)c1Cl. The number of aryl methyl sites for hydroxylation is 1. The molecule has 0 radical (unpaired) electrons. The maximum Gasteiger partial charge on any atom is 0.142 e. The van der Waals surface area contributed by atoms with Crippen molar-refractivity contribution in [1.29, 1.82) is 0 Å². The molecular weight excluding hydrogens is 243 g/mol. The third-order valence-corrected chi connectivity index (χ3v) is 3.07. The Bertz CT molecular complexity index is 527. The van der Waals surface area contributed by atoms with Crippen molar-refractivity contribution in [1.82, 2.24) is 9.78 Å². The summed E-state index contributed by atoms with van der Waals surface area (Å²) in [7, 11) is 1.74. The molecule has 0 aliphatic carbocycles. The fraction of sp³-hybridized carbons (Fsp3) is 0.250. The van der Waals surface area contributed by atoms with E-state index in [1.807, 2.05) is 0 Å². The van der Waals surface area contributed by atoms with Gasteiger partial charge in [-0.2, -0.15) is 5.10 Å². The molecule has 2 rings (SSSR count). The highest BCUT2D eigenvalue weighted by Gasteiger charge is 2.15. The Morgan fingerprint density at radius 2 is 2.24 bits per heavy atom. The molecule has 1 atom stereocenters. The van der Waals surface area contributed by atoms with Crippen LogP contribution in [0.2, 0.25) is 5.02 Å². The van der Waals surface area contributed by atoms with Gasteiger partial charge in [-0.3, -0.25) is 4.68 Å². The van der Waals surface area contributed by atoms with Gasteiger partial charge < -0.3 is 5.11 Å². The maximum absolute atomic E-state index is 13.2. The quantitative estimate of drug-likeness (QED) is 0.914. The minimum absolute atomic E-state index is 0.0636. The molecule has 1 unspecified atom stereocenters. The highest BCUT2D eigenvalue weighted by atomic mass is 35.5. The summed E-state index contributed by atoms with van der Waals surface area (Å²) >= 11 is 5.83. The van der Waals surface area contributed by atoms with Crippen molar-refractivity contribution in [3.05, 3.63) is 52.6 Å². The molecule has 0 fully saturated rings. The summed E-state index contributed by atoms with van der Waals surface area (Å²) in [5.41, 5.74) is 1.26. The van der Waals surface area contributed by atoms with Crippen molar-refractivity contribution in [3.8, 4) is 0 Å². The third-order valence-electron chi connectivity index (χ3n) is 2.65. The Hall–Kier alpha value is -1.39. The largest absolute Gasteiger partial charge is 0.386 e. The molecule has 1 N–H and O–H groups in total. The van der Waals surface area contributed by atoms with E-state index in [0.717, 1.165) is 0 Å². The third kappa shape index (κ3) is 2.48. The molecule has 1 aromatic heterocycles. The topological polar surface area (TPSA) is 38.0 Å². The summed E-state index contributed by atoms with van der Waals surface area (Å²) in [6, 6.07) is 6.29. The smallest absolute Gasteiger partial charge is 0.142 e. The van der Waals surface area contributed by atoms with Crippen LogP contribution in [0.3, 0.4) is 0 Å². The molecule has 5 heteroatoms. The molecule has 0 amide bonds. The van der Waals surface area contributed by atoms with Crippen molar-refractivity contribution in [3.63, 3.8) is 0 Å². The molecule has 90 valence electrons. The highest BCUT2D eigenvalue weighted by Crippen LogP contribution is 2.25. The molecule has 0 aliphatic heterocycles. The van der Waals surface area contributed by atoms with Gasteiger partial charge in [-0.05, 0) is 17.7 Å². The second-order valence-corrected chi connectivity index (χ2v) is 4.19. The van der Waals surface area contributed by atoms with Crippen molar-refractivity contribution in [2.45, 2.75) is 12.5 Å². The predicted octanol–water partition coefficient (Wildman–Crippen LogP) is 2.49. The zero-order chi connectivity index (χ0) is 12.4. The Balaban J connectivity index is 2.22. The van der Waals surface area contributed by atoms with E-state index in [4.69, 9.17) is 11.6 Å². The average Bonchev–Trinajstić information content (AvgIpc) is 2.71. The van der Waals surface area contributed by atoms with Crippen LogP contribution >= 0.6 is 11.6 Å². The van der Waals surface area contributed by atoms with Crippen molar-refractivity contribution < 1.29 is 9.50 Å². The van der Waals surface area contributed by atoms with Gasteiger partial charge in [-0.1, -0.05) is 23.7 Å². The molecule has 3 nitrogen and oxygen atoms in total. The molecule has 0 aliphatic rings. The molecule has 0 bridgehead atoms. The summed E-state index contributed by atoms with van der Waals surface area (Å²) in [4.78, 5) is 0. The first-order valence-electron chi connectivity index (χ1n) is 5.18. The van der Waals surface area contributed by atoms with E-state index in [1.54, 1.807) is 36.1 Å². The predicted molar refractivity (Wildman–Crippen MR) is 63.3 cm³/mol. The van der Waals surface area contributed by atoms with Gasteiger partial charge >= 0.3 is 0 Å². The Kier molecular flexibility index (Phi) is 3.45. The average molecular weight is 255 g/mol. The molecule has 17 heavy (non-hydrogen) atoms. The van der Waals surface area contributed by atoms with Gasteiger partial charge in [0.25, 0.3) is 0 Å². The van der Waals surface area contributed by atoms with Crippen LogP contribution in [0, 0.1) is 5.82 Å². The van der Waals surface area contributed by atoms with E-state index >= 15 is 0 Å². The number of aromatic nitrogens is 2. The summed E-state index contributed by atoms with van der Waals surface area (Å²) in [5.74, 6) is -0.471. The minimum Gasteiger partial charge on any atom is -0.386 e. The van der Waals surface area contributed by atoms with Gasteiger partial charge in [0.05, 0.1) is 16.8 Å². The lowest BCUT2D eigenvalue weighted by Gasteiger charge is -2.12. The van der Waals surface area contributed by atoms with Crippen LogP contribution in [0.25, 0.3) is 0 Å². The molecule has 0 spiro atoms. The zero-order valence-electron chi connectivity index (χ0n) is 9.27. The monoisotopic (exact) mass is 254 g/mol. The van der Waals surface area contributed by atoms with Gasteiger partial charge in [0.2, 0.25) is 0 Å². The van der Waals surface area contributed by atoms with Crippen LogP contribution in [-0.4, -0.2) is 14.9 Å². The van der Waals surface area contributed by atoms with Gasteiger partial charge in [0, 0.05) is 19.7 Å². The molecule has 2 aromatic rings. The Morgan fingerprint density at radius 1 is 1.47 bits per heavy atom. The second kappa shape index (κ2) is 4.85. The summed E-state index contributed by atoms with van der Waals surface area (Å²) in [6.45, 7) is 0. The highest BCUT2D eigenvalue weighted by molar-refractivity contribution is 6.31. The number of halogens is 2. The number of rotatable bonds is 3. The number of aliphatic hydroxyl groups is 1. The Labute approximate surface area is 103 Å². The van der Waals surface area contributed by atoms with E-state index in [9.17, 15) is 9.50 Å². The lowest BCUT2D eigenvalue weighted by molar-refractivity contribution is 0.168. The number of hydrogen-bond acceptors (Lipinski definition) is 2. The number of hydrogen-bond donors (Lipinski definition) is 1. The second-order valence-electron chi connectivity index (χ2n) is 3.81. The van der Waals surface area contributed by atoms with Crippen molar-refractivity contribution >= 4 is 11.6 Å². The van der Waals surface area contributed by atoms with Crippen LogP contribution in [-0.2, 0) is 13.5 Å². The Morgan fingerprint density at radius 3 is 2.88 bits per heavy atom. The first-order valence-corrected chi connectivity index (χ1v) is 5.56. The van der Waals surface area contributed by atoms with Crippen molar-refractivity contribution in [2.24, 2.45) is 7.05 Å². The van der Waals surface area contributed by atoms with Crippen LogP contribution < -0.4 is 0 Å². The molecule has 1 aromatic carbocycles. The molecule has 1 heterocycles. The molecule has 0 saturated heterocycles.